The zero-order chi connectivity index (χ0) is 13.6. The number of nitrogens with one attached hydrogen (secondary N) is 1. The lowest BCUT2D eigenvalue weighted by molar-refractivity contribution is 0.295. The first-order valence-corrected chi connectivity index (χ1v) is 8.04. The van der Waals surface area contributed by atoms with Gasteiger partial charge in [0, 0.05) is 25.2 Å². The highest BCUT2D eigenvalue weighted by Gasteiger charge is 2.39. The number of halogens is 1. The van der Waals surface area contributed by atoms with Crippen LogP contribution in [0.25, 0.3) is 0 Å². The molecule has 2 bridgehead atoms. The second-order valence-corrected chi connectivity index (χ2v) is 7.33. The minimum atomic E-state index is -3.74. The Kier molecular flexibility index (Phi) is 3.21. The summed E-state index contributed by atoms with van der Waals surface area (Å²) < 4.78 is 26.6. The van der Waals surface area contributed by atoms with Gasteiger partial charge >= 0.3 is 0 Å². The van der Waals surface area contributed by atoms with E-state index in [1.165, 1.54) is 22.5 Å². The van der Waals surface area contributed by atoms with E-state index in [-0.39, 0.29) is 27.8 Å². The van der Waals surface area contributed by atoms with Crippen LogP contribution in [-0.2, 0) is 10.0 Å². The molecule has 2 saturated heterocycles. The van der Waals surface area contributed by atoms with Gasteiger partial charge in [-0.05, 0) is 25.0 Å². The van der Waals surface area contributed by atoms with Crippen LogP contribution in [0, 0.1) is 0 Å². The minimum absolute atomic E-state index is 0.0610. The number of sulfonamides is 1. The number of phenols is 1. The summed E-state index contributed by atoms with van der Waals surface area (Å²) in [5.41, 5.74) is 0. The van der Waals surface area contributed by atoms with E-state index >= 15 is 0 Å². The molecule has 1 aromatic rings. The van der Waals surface area contributed by atoms with Crippen LogP contribution in [0.15, 0.2) is 23.1 Å². The normalized spacial score (nSPS) is 27.6. The van der Waals surface area contributed by atoms with Gasteiger partial charge in [-0.15, -0.1) is 0 Å². The molecule has 0 radical (unpaired) electrons. The fraction of sp³-hybridized carbons (Fsp3) is 0.500. The van der Waals surface area contributed by atoms with E-state index in [0.29, 0.717) is 13.1 Å². The summed E-state index contributed by atoms with van der Waals surface area (Å²) in [5.74, 6) is -0.293. The first-order valence-electron chi connectivity index (χ1n) is 6.22. The van der Waals surface area contributed by atoms with Crippen LogP contribution < -0.4 is 5.32 Å². The van der Waals surface area contributed by atoms with Crippen molar-refractivity contribution >= 4 is 21.6 Å². The lowest BCUT2D eigenvalue weighted by Crippen LogP contribution is -2.52. The SMILES string of the molecule is O=S(=O)(c1c(O)cccc1Cl)N1C[C@H]2CC[C@@H](C1)N2. The summed E-state index contributed by atoms with van der Waals surface area (Å²) in [6.07, 6.45) is 1.98. The predicted molar refractivity (Wildman–Crippen MR) is 71.8 cm³/mol. The third kappa shape index (κ3) is 2.23. The number of phenolic OH excluding ortho intramolecular Hbond substituents is 1. The van der Waals surface area contributed by atoms with Crippen LogP contribution in [0.2, 0.25) is 5.02 Å². The molecular formula is C12H15ClN2O3S. The largest absolute Gasteiger partial charge is 0.506 e. The van der Waals surface area contributed by atoms with Gasteiger partial charge in [0.25, 0.3) is 0 Å². The molecule has 19 heavy (non-hydrogen) atoms. The number of hydrogen-bond acceptors (Lipinski definition) is 4. The summed E-state index contributed by atoms with van der Waals surface area (Å²) in [7, 11) is -3.74. The number of aromatic hydroxyl groups is 1. The van der Waals surface area contributed by atoms with Gasteiger partial charge in [-0.3, -0.25) is 0 Å². The van der Waals surface area contributed by atoms with Gasteiger partial charge in [-0.1, -0.05) is 17.7 Å². The maximum Gasteiger partial charge on any atom is 0.248 e. The van der Waals surface area contributed by atoms with E-state index in [2.05, 4.69) is 5.32 Å². The molecular weight excluding hydrogens is 288 g/mol. The minimum Gasteiger partial charge on any atom is -0.506 e. The lowest BCUT2D eigenvalue weighted by atomic mass is 10.2. The molecule has 0 spiro atoms. The van der Waals surface area contributed by atoms with Gasteiger partial charge < -0.3 is 10.4 Å². The number of nitrogens with zero attached hydrogens (tertiary/aromatic N) is 1. The molecule has 2 N–H and O–H groups in total. The van der Waals surface area contributed by atoms with Crippen molar-refractivity contribution in [3.8, 4) is 5.75 Å². The van der Waals surface area contributed by atoms with Crippen molar-refractivity contribution in [2.24, 2.45) is 0 Å². The number of benzene rings is 1. The second-order valence-electron chi connectivity index (χ2n) is 5.05. The first-order chi connectivity index (χ1) is 8.98. The van der Waals surface area contributed by atoms with Gasteiger partial charge in [0.1, 0.15) is 10.6 Å². The van der Waals surface area contributed by atoms with Crippen molar-refractivity contribution in [2.45, 2.75) is 29.8 Å². The molecule has 0 aromatic heterocycles. The average Bonchev–Trinajstić information content (AvgIpc) is 2.67. The fourth-order valence-corrected chi connectivity index (χ4v) is 4.95. The highest BCUT2D eigenvalue weighted by atomic mass is 35.5. The van der Waals surface area contributed by atoms with Crippen molar-refractivity contribution in [3.05, 3.63) is 23.2 Å². The standard InChI is InChI=1S/C12H15ClN2O3S/c13-10-2-1-3-11(16)12(10)19(17,18)15-6-8-4-5-9(7-15)14-8/h1-3,8-9,14,16H,4-7H2/t8-,9+. The molecule has 3 rings (SSSR count). The summed E-state index contributed by atoms with van der Waals surface area (Å²) in [6.45, 7) is 0.868. The van der Waals surface area contributed by atoms with Crippen molar-refractivity contribution < 1.29 is 13.5 Å². The third-order valence-corrected chi connectivity index (χ3v) is 6.08. The molecule has 0 saturated carbocycles. The zero-order valence-electron chi connectivity index (χ0n) is 10.2. The van der Waals surface area contributed by atoms with E-state index in [1.807, 2.05) is 0 Å². The summed E-state index contributed by atoms with van der Waals surface area (Å²) >= 11 is 5.94. The molecule has 5 nitrogen and oxygen atoms in total. The third-order valence-electron chi connectivity index (χ3n) is 3.73. The Balaban J connectivity index is 1.99. The zero-order valence-corrected chi connectivity index (χ0v) is 11.8. The average molecular weight is 303 g/mol. The Morgan fingerprint density at radius 3 is 2.47 bits per heavy atom. The van der Waals surface area contributed by atoms with E-state index in [9.17, 15) is 13.5 Å². The summed E-state index contributed by atoms with van der Waals surface area (Å²) in [4.78, 5) is -0.182. The predicted octanol–water partition coefficient (Wildman–Crippen LogP) is 1.17. The van der Waals surface area contributed by atoms with Gasteiger partial charge in [0.15, 0.2) is 0 Å². The monoisotopic (exact) mass is 302 g/mol. The first kappa shape index (κ1) is 13.2. The molecule has 104 valence electrons. The molecule has 2 aliphatic heterocycles. The van der Waals surface area contributed by atoms with Gasteiger partial charge in [0.05, 0.1) is 5.02 Å². The Morgan fingerprint density at radius 2 is 1.89 bits per heavy atom. The molecule has 2 atom stereocenters. The van der Waals surface area contributed by atoms with Gasteiger partial charge in [-0.2, -0.15) is 4.31 Å². The van der Waals surface area contributed by atoms with Crippen LogP contribution in [-0.4, -0.2) is 43.0 Å². The van der Waals surface area contributed by atoms with Crippen LogP contribution >= 0.6 is 11.6 Å². The molecule has 7 heteroatoms. The van der Waals surface area contributed by atoms with Crippen molar-refractivity contribution in [1.82, 2.24) is 9.62 Å². The summed E-state index contributed by atoms with van der Waals surface area (Å²) in [6, 6.07) is 4.76. The second kappa shape index (κ2) is 4.63. The van der Waals surface area contributed by atoms with E-state index < -0.39 is 10.0 Å². The maximum absolute atomic E-state index is 12.6. The lowest BCUT2D eigenvalue weighted by Gasteiger charge is -2.32. The van der Waals surface area contributed by atoms with Crippen molar-refractivity contribution in [1.29, 1.82) is 0 Å². The van der Waals surface area contributed by atoms with E-state index in [1.54, 1.807) is 0 Å². The van der Waals surface area contributed by atoms with E-state index in [0.717, 1.165) is 12.8 Å². The topological polar surface area (TPSA) is 69.6 Å². The summed E-state index contributed by atoms with van der Waals surface area (Å²) in [5, 5.41) is 13.2. The Hall–Kier alpha value is -0.820. The Morgan fingerprint density at radius 1 is 1.26 bits per heavy atom. The Bertz CT molecular complexity index is 573. The van der Waals surface area contributed by atoms with E-state index in [4.69, 9.17) is 11.6 Å². The van der Waals surface area contributed by atoms with Crippen LogP contribution in [0.3, 0.4) is 0 Å². The van der Waals surface area contributed by atoms with Crippen molar-refractivity contribution in [3.63, 3.8) is 0 Å². The highest BCUT2D eigenvalue weighted by Crippen LogP contribution is 2.34. The smallest absolute Gasteiger partial charge is 0.248 e. The maximum atomic E-state index is 12.6. The highest BCUT2D eigenvalue weighted by molar-refractivity contribution is 7.89. The molecule has 1 aromatic carbocycles. The number of piperazine rings is 1. The van der Waals surface area contributed by atoms with Crippen LogP contribution in [0.5, 0.6) is 5.75 Å². The molecule has 0 amide bonds. The molecule has 2 heterocycles. The van der Waals surface area contributed by atoms with Gasteiger partial charge in [0.2, 0.25) is 10.0 Å². The van der Waals surface area contributed by atoms with Gasteiger partial charge in [-0.25, -0.2) is 8.42 Å². The van der Waals surface area contributed by atoms with Crippen molar-refractivity contribution in [2.75, 3.05) is 13.1 Å². The number of hydrogen-bond donors (Lipinski definition) is 2. The Labute approximate surface area is 117 Å². The quantitative estimate of drug-likeness (QED) is 0.860. The number of fused-ring (bicyclic) bond motifs is 2. The molecule has 2 aliphatic rings. The molecule has 0 unspecified atom stereocenters. The molecule has 2 fully saturated rings. The fourth-order valence-electron chi connectivity index (χ4n) is 2.83. The van der Waals surface area contributed by atoms with Crippen LogP contribution in [0.1, 0.15) is 12.8 Å². The molecule has 0 aliphatic carbocycles. The number of rotatable bonds is 2. The van der Waals surface area contributed by atoms with Crippen LogP contribution in [0.4, 0.5) is 0 Å².